The van der Waals surface area contributed by atoms with Gasteiger partial charge in [-0.15, -0.1) is 0 Å². The normalized spacial score (nSPS) is 9.47. The molecule has 0 fully saturated rings. The van der Waals surface area contributed by atoms with Crippen molar-refractivity contribution in [2.45, 2.75) is 0 Å². The number of aromatic nitrogens is 2. The summed E-state index contributed by atoms with van der Waals surface area (Å²) in [6.45, 7) is 0. The van der Waals surface area contributed by atoms with Crippen LogP contribution in [0.25, 0.3) is 11.4 Å². The molecule has 2 heterocycles. The van der Waals surface area contributed by atoms with Gasteiger partial charge in [0.1, 0.15) is 11.3 Å². The Balaban J connectivity index is 0.00000180. The van der Waals surface area contributed by atoms with Gasteiger partial charge in [0, 0.05) is 32.5 Å². The van der Waals surface area contributed by atoms with Gasteiger partial charge in [0.05, 0.1) is 11.3 Å². The van der Waals surface area contributed by atoms with Gasteiger partial charge in [-0.2, -0.15) is 0 Å². The number of hydrogen-bond donors (Lipinski definition) is 2. The summed E-state index contributed by atoms with van der Waals surface area (Å²) in [7, 11) is 0. The van der Waals surface area contributed by atoms with E-state index in [1.54, 1.807) is 18.2 Å². The molecule has 2 aromatic rings. The molecule has 19 heavy (non-hydrogen) atoms. The van der Waals surface area contributed by atoms with Crippen LogP contribution >= 0.6 is 0 Å². The number of nitrogens with zero attached hydrogens (tertiary/aromatic N) is 2. The zero-order chi connectivity index (χ0) is 13.1. The van der Waals surface area contributed by atoms with Gasteiger partial charge in [0.15, 0.2) is 0 Å². The fourth-order valence-electron chi connectivity index (χ4n) is 1.55. The molecule has 1 radical (unpaired) electrons. The first-order valence-electron chi connectivity index (χ1n) is 4.98. The number of aromatic carboxylic acids is 2. The third kappa shape index (κ3) is 3.01. The van der Waals surface area contributed by atoms with E-state index in [1.165, 1.54) is 12.4 Å². The molecule has 2 aromatic heterocycles. The van der Waals surface area contributed by atoms with Crippen molar-refractivity contribution in [2.24, 2.45) is 0 Å². The summed E-state index contributed by atoms with van der Waals surface area (Å²) in [4.78, 5) is 30.1. The molecule has 0 aromatic carbocycles. The topological polar surface area (TPSA) is 100 Å². The summed E-state index contributed by atoms with van der Waals surface area (Å²) in [6, 6.07) is 6.06. The molecule has 0 unspecified atom stereocenters. The molecule has 2 rings (SSSR count). The summed E-state index contributed by atoms with van der Waals surface area (Å²) < 4.78 is 0. The Labute approximate surface area is 121 Å². The Morgan fingerprint density at radius 1 is 0.947 bits per heavy atom. The van der Waals surface area contributed by atoms with Gasteiger partial charge >= 0.3 is 11.9 Å². The smallest absolute Gasteiger partial charge is 0.338 e. The quantitative estimate of drug-likeness (QED) is 0.757. The van der Waals surface area contributed by atoms with Crippen LogP contribution in [0.5, 0.6) is 0 Å². The molecule has 0 spiro atoms. The van der Waals surface area contributed by atoms with E-state index in [4.69, 9.17) is 10.2 Å². The summed E-state index contributed by atoms with van der Waals surface area (Å²) in [5.41, 5.74) is -0.303. The van der Waals surface area contributed by atoms with Gasteiger partial charge in [-0.05, 0) is 18.2 Å². The number of carbonyl (C=O) groups is 2. The van der Waals surface area contributed by atoms with Crippen molar-refractivity contribution in [3.63, 3.8) is 0 Å². The maximum Gasteiger partial charge on any atom is 0.338 e. The third-order valence-electron chi connectivity index (χ3n) is 2.30. The fourth-order valence-corrected chi connectivity index (χ4v) is 1.55. The van der Waals surface area contributed by atoms with Gasteiger partial charge in [-0.3, -0.25) is 9.97 Å². The minimum Gasteiger partial charge on any atom is -0.478 e. The monoisotopic (exact) mass is 437 g/mol. The molecule has 99 valence electrons. The molecule has 0 aliphatic heterocycles. The van der Waals surface area contributed by atoms with Crippen molar-refractivity contribution in [3.8, 4) is 11.4 Å². The Morgan fingerprint density at radius 2 is 1.68 bits per heavy atom. The summed E-state index contributed by atoms with van der Waals surface area (Å²) in [5.74, 6) is -2.66. The van der Waals surface area contributed by atoms with Crippen LogP contribution in [0, 0.1) is 0 Å². The Kier molecular flexibility index (Phi) is 4.86. The number of hydrogen-bond acceptors (Lipinski definition) is 4. The van der Waals surface area contributed by atoms with Crippen LogP contribution in [-0.2, 0) is 20.1 Å². The van der Waals surface area contributed by atoms with Crippen molar-refractivity contribution in [2.75, 3.05) is 0 Å². The summed E-state index contributed by atoms with van der Waals surface area (Å²) >= 11 is 0. The average molecular weight is 436 g/mol. The van der Waals surface area contributed by atoms with Gasteiger partial charge in [0.25, 0.3) is 0 Å². The summed E-state index contributed by atoms with van der Waals surface area (Å²) in [5, 5.41) is 18.1. The Bertz CT molecular complexity index is 616. The predicted octanol–water partition coefficient (Wildman–Crippen LogP) is 1.54. The SMILES string of the molecule is O=C(O)c1ccnc(-c2ccccn2)c1C(=O)O.[Ir]. The number of carboxylic acids is 2. The van der Waals surface area contributed by atoms with Crippen LogP contribution in [-0.4, -0.2) is 32.1 Å². The molecule has 0 atom stereocenters. The van der Waals surface area contributed by atoms with Crippen LogP contribution in [0.2, 0.25) is 0 Å². The molecular formula is C12H8IrN2O4. The maximum absolute atomic E-state index is 11.2. The van der Waals surface area contributed by atoms with E-state index >= 15 is 0 Å². The van der Waals surface area contributed by atoms with Crippen LogP contribution in [0.3, 0.4) is 0 Å². The fraction of sp³-hybridized carbons (Fsp3) is 0. The number of carboxylic acid groups (broad SMARTS) is 2. The largest absolute Gasteiger partial charge is 0.478 e. The summed E-state index contributed by atoms with van der Waals surface area (Å²) in [6.07, 6.45) is 2.73. The van der Waals surface area contributed by atoms with Crippen molar-refractivity contribution in [1.82, 2.24) is 9.97 Å². The van der Waals surface area contributed by atoms with Crippen LogP contribution < -0.4 is 0 Å². The van der Waals surface area contributed by atoms with E-state index in [0.717, 1.165) is 6.07 Å². The van der Waals surface area contributed by atoms with Crippen molar-refractivity contribution in [3.05, 3.63) is 47.8 Å². The van der Waals surface area contributed by atoms with E-state index in [-0.39, 0.29) is 36.9 Å². The van der Waals surface area contributed by atoms with Crippen molar-refractivity contribution < 1.29 is 39.9 Å². The molecule has 6 nitrogen and oxygen atoms in total. The molecule has 0 aliphatic carbocycles. The molecular weight excluding hydrogens is 428 g/mol. The van der Waals surface area contributed by atoms with Gasteiger partial charge < -0.3 is 10.2 Å². The van der Waals surface area contributed by atoms with Crippen LogP contribution in [0.15, 0.2) is 36.7 Å². The molecule has 0 saturated carbocycles. The first kappa shape index (κ1) is 14.9. The molecule has 2 N–H and O–H groups in total. The number of pyridine rings is 2. The second kappa shape index (κ2) is 6.17. The number of rotatable bonds is 3. The first-order chi connectivity index (χ1) is 8.61. The molecule has 0 aliphatic rings. The molecule has 0 saturated heterocycles. The van der Waals surface area contributed by atoms with Gasteiger partial charge in [0.2, 0.25) is 0 Å². The van der Waals surface area contributed by atoms with E-state index in [0.29, 0.717) is 5.69 Å². The van der Waals surface area contributed by atoms with E-state index in [1.807, 2.05) is 0 Å². The molecule has 0 amide bonds. The minimum absolute atomic E-state index is 0. The van der Waals surface area contributed by atoms with E-state index < -0.39 is 11.9 Å². The van der Waals surface area contributed by atoms with Crippen LogP contribution in [0.1, 0.15) is 20.7 Å². The van der Waals surface area contributed by atoms with Crippen molar-refractivity contribution >= 4 is 11.9 Å². The third-order valence-corrected chi connectivity index (χ3v) is 2.30. The molecule has 0 bridgehead atoms. The Hall–Kier alpha value is -2.11. The van der Waals surface area contributed by atoms with Gasteiger partial charge in [-0.25, -0.2) is 9.59 Å². The zero-order valence-corrected chi connectivity index (χ0v) is 11.8. The minimum atomic E-state index is -1.35. The maximum atomic E-state index is 11.2. The zero-order valence-electron chi connectivity index (χ0n) is 9.40. The van der Waals surface area contributed by atoms with Crippen LogP contribution in [0.4, 0.5) is 0 Å². The Morgan fingerprint density at radius 3 is 2.21 bits per heavy atom. The van der Waals surface area contributed by atoms with E-state index in [2.05, 4.69) is 9.97 Å². The van der Waals surface area contributed by atoms with E-state index in [9.17, 15) is 9.59 Å². The van der Waals surface area contributed by atoms with Gasteiger partial charge in [-0.1, -0.05) is 6.07 Å². The second-order valence-electron chi connectivity index (χ2n) is 3.41. The standard InChI is InChI=1S/C12H8N2O4.Ir/c15-11(16)7-4-6-14-10(9(7)12(17)18)8-3-1-2-5-13-8;/h1-6H,(H,15,16)(H,17,18);. The molecule has 7 heteroatoms. The second-order valence-corrected chi connectivity index (χ2v) is 3.41. The predicted molar refractivity (Wildman–Crippen MR) is 61.4 cm³/mol. The first-order valence-corrected chi connectivity index (χ1v) is 4.98. The average Bonchev–Trinajstić information content (AvgIpc) is 2.38. The van der Waals surface area contributed by atoms with Crippen molar-refractivity contribution in [1.29, 1.82) is 0 Å².